The average Bonchev–Trinajstić information content (AvgIpc) is 4.31. The number of hydrogen-bond donors (Lipinski definition) is 3. The van der Waals surface area contributed by atoms with E-state index in [1.807, 2.05) is 52.6 Å². The standard InChI is InChI=1S/C26H32N6O3S.C22H31N5O2.C9H11NO4S.ClH/c1-17-7-10-20(29-36(2,34)35)19(14-17)26(33)31-13-4-3-6-23(31)22-15-24-27-21(18-8-9-18)16-25(32(24)28-22)30-11-5-12-30;1-22(2,3)29-21(28)26-12-5-4-7-18(26)17-13-19-23-16(15-8-9-15)14-20(27(19)24-17)25-10-6-11-25;1-6-3-4-8(10-15(2,13)14)7(5-6)9(11)12;/h7,10,14-16,18,23,29H,3-6,8-9,11-13H2,1-2H3;13-15,18H,4-12H2,1-3H3;3-5,10H,1-2H3,(H,11,12);1H/t23-;18-;;/m00../s1. The van der Waals surface area contributed by atoms with Crippen molar-refractivity contribution in [3.8, 4) is 0 Å². The van der Waals surface area contributed by atoms with Gasteiger partial charge in [-0.1, -0.05) is 23.3 Å². The lowest BCUT2D eigenvalue weighted by Gasteiger charge is -2.36. The van der Waals surface area contributed by atoms with E-state index < -0.39 is 31.6 Å². The lowest BCUT2D eigenvalue weighted by Crippen LogP contribution is -2.42. The number of aryl methyl sites for hydroxylation is 2. The highest BCUT2D eigenvalue weighted by molar-refractivity contribution is 7.92. The van der Waals surface area contributed by atoms with Gasteiger partial charge < -0.3 is 24.5 Å². The minimum absolute atomic E-state index is 0. The number of nitrogens with one attached hydrogen (secondary N) is 2. The third-order valence-electron chi connectivity index (χ3n) is 15.2. The van der Waals surface area contributed by atoms with E-state index >= 15 is 0 Å². The Morgan fingerprint density at radius 1 is 0.568 bits per heavy atom. The molecule has 2 saturated carbocycles. The van der Waals surface area contributed by atoms with Crippen molar-refractivity contribution in [3.05, 3.63) is 106 Å². The number of carbonyl (C=O) groups is 3. The fraction of sp³-hybridized carbons (Fsp3) is 0.526. The molecule has 2 aliphatic carbocycles. The zero-order chi connectivity index (χ0) is 56.8. The Hall–Kier alpha value is -6.72. The highest BCUT2D eigenvalue weighted by Crippen LogP contribution is 2.43. The predicted octanol–water partition coefficient (Wildman–Crippen LogP) is 9.63. The van der Waals surface area contributed by atoms with Gasteiger partial charge >= 0.3 is 12.1 Å². The van der Waals surface area contributed by atoms with Gasteiger partial charge in [0.25, 0.3) is 5.91 Å². The van der Waals surface area contributed by atoms with Gasteiger partial charge in [-0.3, -0.25) is 19.1 Å². The molecule has 2 amide bonds. The minimum Gasteiger partial charge on any atom is -0.478 e. The molecule has 6 fully saturated rings. The molecule has 12 rings (SSSR count). The molecule has 2 atom stereocenters. The molecule has 0 radical (unpaired) electrons. The fourth-order valence-corrected chi connectivity index (χ4v) is 11.9. The van der Waals surface area contributed by atoms with Crippen LogP contribution in [0.25, 0.3) is 11.3 Å². The Bertz CT molecular complexity index is 3570. The number of amides is 2. The van der Waals surface area contributed by atoms with Crippen molar-refractivity contribution in [2.45, 2.75) is 141 Å². The van der Waals surface area contributed by atoms with Crippen LogP contribution in [0.4, 0.5) is 27.8 Å². The first-order valence-electron chi connectivity index (χ1n) is 28.0. The molecule has 0 spiro atoms. The number of piperidine rings is 2. The first-order chi connectivity index (χ1) is 37.9. The molecule has 436 valence electrons. The minimum atomic E-state index is -3.53. The Kier molecular flexibility index (Phi) is 17.2. The van der Waals surface area contributed by atoms with Crippen LogP contribution >= 0.6 is 12.4 Å². The molecule has 8 heterocycles. The maximum absolute atomic E-state index is 13.9. The van der Waals surface area contributed by atoms with Crippen LogP contribution in [-0.4, -0.2) is 136 Å². The van der Waals surface area contributed by atoms with Crippen LogP contribution in [0.15, 0.2) is 60.7 Å². The highest BCUT2D eigenvalue weighted by atomic mass is 35.5. The number of sulfonamides is 2. The van der Waals surface area contributed by atoms with Crippen molar-refractivity contribution in [2.75, 3.05) is 71.0 Å². The summed E-state index contributed by atoms with van der Waals surface area (Å²) in [6.45, 7) is 14.9. The van der Waals surface area contributed by atoms with Crippen molar-refractivity contribution in [1.29, 1.82) is 0 Å². The SMILES string of the molecule is CC(C)(C)OC(=O)N1CCCC[C@H]1c1cc2nc(C3CC3)cc(N3CCC3)n2n1.Cc1ccc(NS(C)(=O)=O)c(C(=O)N2CCCC[C@H]2c2cc3nc(C4CC4)cc(N4CCC4)n3n2)c1.Cc1ccc(NS(C)(=O)=O)c(C(=O)O)c1.Cl. The van der Waals surface area contributed by atoms with Crippen molar-refractivity contribution < 1.29 is 41.1 Å². The Balaban J connectivity index is 0.000000158. The van der Waals surface area contributed by atoms with Gasteiger partial charge in [0.15, 0.2) is 11.3 Å². The Labute approximate surface area is 480 Å². The second-order valence-corrected chi connectivity index (χ2v) is 26.8. The van der Waals surface area contributed by atoms with Crippen molar-refractivity contribution in [3.63, 3.8) is 0 Å². The molecule has 81 heavy (non-hydrogen) atoms. The third-order valence-corrected chi connectivity index (χ3v) is 16.4. The molecule has 0 unspecified atom stereocenters. The molecule has 24 heteroatoms. The molecule has 3 N–H and O–H groups in total. The molecule has 4 aliphatic heterocycles. The van der Waals surface area contributed by atoms with Crippen LogP contribution in [0, 0.1) is 13.8 Å². The summed E-state index contributed by atoms with van der Waals surface area (Å²) in [7, 11) is -6.98. The summed E-state index contributed by atoms with van der Waals surface area (Å²) >= 11 is 0. The second-order valence-electron chi connectivity index (χ2n) is 23.3. The largest absolute Gasteiger partial charge is 0.478 e. The van der Waals surface area contributed by atoms with Gasteiger partial charge in [0.05, 0.1) is 58.5 Å². The van der Waals surface area contributed by atoms with Crippen LogP contribution in [-0.2, 0) is 24.8 Å². The molecular weight excluding hydrogens is 1100 g/mol. The lowest BCUT2D eigenvalue weighted by molar-refractivity contribution is 0.00893. The van der Waals surface area contributed by atoms with Crippen LogP contribution in [0.3, 0.4) is 0 Å². The number of anilines is 4. The number of hydrogen-bond acceptors (Lipinski definition) is 14. The summed E-state index contributed by atoms with van der Waals surface area (Å²) in [6, 6.07) is 18.0. The monoisotopic (exact) mass is 1170 g/mol. The zero-order valence-electron chi connectivity index (χ0n) is 47.2. The van der Waals surface area contributed by atoms with E-state index in [2.05, 4.69) is 37.4 Å². The molecule has 4 aromatic heterocycles. The number of fused-ring (bicyclic) bond motifs is 2. The molecule has 6 aliphatic rings. The van der Waals surface area contributed by atoms with E-state index in [1.165, 1.54) is 56.4 Å². The Morgan fingerprint density at radius 3 is 1.41 bits per heavy atom. The molecule has 0 bridgehead atoms. The van der Waals surface area contributed by atoms with Gasteiger partial charge in [-0.2, -0.15) is 19.2 Å². The van der Waals surface area contributed by atoms with Gasteiger partial charge in [-0.05, 0) is 136 Å². The van der Waals surface area contributed by atoms with E-state index in [4.69, 9.17) is 30.0 Å². The maximum atomic E-state index is 13.9. The quantitative estimate of drug-likeness (QED) is 0.103. The lowest BCUT2D eigenvalue weighted by atomic mass is 9.97. The molecule has 21 nitrogen and oxygen atoms in total. The number of rotatable bonds is 12. The molecule has 4 saturated heterocycles. The number of aromatic carboxylic acids is 1. The number of aromatic nitrogens is 6. The molecule has 2 aromatic carbocycles. The summed E-state index contributed by atoms with van der Waals surface area (Å²) in [6.07, 6.45) is 14.8. The van der Waals surface area contributed by atoms with E-state index in [-0.39, 0.29) is 47.7 Å². The second kappa shape index (κ2) is 23.6. The summed E-state index contributed by atoms with van der Waals surface area (Å²) in [5.41, 5.74) is 7.70. The fourth-order valence-electron chi connectivity index (χ4n) is 10.7. The normalized spacial score (nSPS) is 19.2. The first-order valence-corrected chi connectivity index (χ1v) is 31.8. The molecule has 6 aromatic rings. The highest BCUT2D eigenvalue weighted by Gasteiger charge is 2.37. The summed E-state index contributed by atoms with van der Waals surface area (Å²) < 4.78 is 60.1. The number of halogens is 1. The summed E-state index contributed by atoms with van der Waals surface area (Å²) in [4.78, 5) is 55.8. The average molecular weight is 1170 g/mol. The van der Waals surface area contributed by atoms with E-state index in [9.17, 15) is 31.2 Å². The number of carboxylic acid groups (broad SMARTS) is 1. The van der Waals surface area contributed by atoms with Gasteiger partial charge in [0, 0.05) is 86.8 Å². The zero-order valence-corrected chi connectivity index (χ0v) is 49.7. The number of carbonyl (C=O) groups excluding carboxylic acids is 2. The maximum Gasteiger partial charge on any atom is 0.410 e. The molecular formula is C57H75ClN12O9S2. The van der Waals surface area contributed by atoms with Crippen molar-refractivity contribution in [2.24, 2.45) is 0 Å². The van der Waals surface area contributed by atoms with Crippen LogP contribution in [0.5, 0.6) is 0 Å². The first kappa shape index (κ1) is 58.9. The van der Waals surface area contributed by atoms with Gasteiger partial charge in [0.1, 0.15) is 17.2 Å². The Morgan fingerprint density at radius 2 is 1.00 bits per heavy atom. The number of likely N-dealkylation sites (tertiary alicyclic amines) is 2. The number of ether oxygens (including phenoxy) is 1. The van der Waals surface area contributed by atoms with E-state index in [1.54, 1.807) is 31.2 Å². The third kappa shape index (κ3) is 14.1. The number of benzene rings is 2. The van der Waals surface area contributed by atoms with Gasteiger partial charge in [-0.15, -0.1) is 12.4 Å². The van der Waals surface area contributed by atoms with Crippen LogP contribution in [0.2, 0.25) is 0 Å². The predicted molar refractivity (Wildman–Crippen MR) is 314 cm³/mol. The van der Waals surface area contributed by atoms with Crippen molar-refractivity contribution in [1.82, 2.24) is 39.0 Å². The van der Waals surface area contributed by atoms with Crippen LogP contribution < -0.4 is 19.2 Å². The topological polar surface area (TPSA) is 246 Å². The van der Waals surface area contributed by atoms with Crippen molar-refractivity contribution >= 4 is 84.7 Å². The smallest absolute Gasteiger partial charge is 0.410 e. The van der Waals surface area contributed by atoms with Gasteiger partial charge in [0.2, 0.25) is 20.0 Å². The number of nitrogens with zero attached hydrogens (tertiary/aromatic N) is 10. The van der Waals surface area contributed by atoms with E-state index in [0.29, 0.717) is 36.2 Å². The summed E-state index contributed by atoms with van der Waals surface area (Å²) in [5, 5.41) is 18.8. The van der Waals surface area contributed by atoms with E-state index in [0.717, 1.165) is 128 Å². The van der Waals surface area contributed by atoms with Crippen LogP contribution in [0.1, 0.15) is 176 Å². The van der Waals surface area contributed by atoms with Gasteiger partial charge in [-0.25, -0.2) is 36.4 Å². The number of carboxylic acids is 1. The summed E-state index contributed by atoms with van der Waals surface area (Å²) in [5.74, 6) is 2.04.